The largest absolute Gasteiger partial charge is 0.497 e. The first kappa shape index (κ1) is 17.8. The molecule has 0 fully saturated rings. The van der Waals surface area contributed by atoms with Crippen molar-refractivity contribution < 1.29 is 9.47 Å². The minimum Gasteiger partial charge on any atom is -0.497 e. The number of rotatable bonds is 10. The molecule has 0 heterocycles. The zero-order valence-corrected chi connectivity index (χ0v) is 14.2. The van der Waals surface area contributed by atoms with E-state index >= 15 is 0 Å². The summed E-state index contributed by atoms with van der Waals surface area (Å²) >= 11 is 0. The molecule has 21 heavy (non-hydrogen) atoms. The molecule has 3 nitrogen and oxygen atoms in total. The Morgan fingerprint density at radius 2 is 1.76 bits per heavy atom. The molecule has 1 aromatic rings. The molecule has 0 saturated heterocycles. The number of hydrogen-bond acceptors (Lipinski definition) is 3. The van der Waals surface area contributed by atoms with E-state index in [1.807, 2.05) is 24.3 Å². The lowest BCUT2D eigenvalue weighted by Crippen LogP contribution is -2.37. The lowest BCUT2D eigenvalue weighted by atomic mass is 9.76. The second kappa shape index (κ2) is 8.93. The van der Waals surface area contributed by atoms with Gasteiger partial charge in [-0.1, -0.05) is 27.7 Å². The van der Waals surface area contributed by atoms with Gasteiger partial charge in [-0.05, 0) is 55.0 Å². The third-order valence-electron chi connectivity index (χ3n) is 4.35. The van der Waals surface area contributed by atoms with Crippen LogP contribution in [0.15, 0.2) is 24.3 Å². The topological polar surface area (TPSA) is 30.5 Å². The van der Waals surface area contributed by atoms with Crippen molar-refractivity contribution in [2.45, 2.75) is 40.5 Å². The van der Waals surface area contributed by atoms with E-state index < -0.39 is 0 Å². The number of ether oxygens (including phenoxy) is 2. The summed E-state index contributed by atoms with van der Waals surface area (Å²) in [5.74, 6) is 2.39. The van der Waals surface area contributed by atoms with Crippen LogP contribution in [0, 0.1) is 11.3 Å². The fraction of sp³-hybridized carbons (Fsp3) is 0.667. The van der Waals surface area contributed by atoms with E-state index in [1.165, 1.54) is 6.42 Å². The molecule has 3 heteroatoms. The molecule has 120 valence electrons. The zero-order valence-electron chi connectivity index (χ0n) is 14.2. The predicted octanol–water partition coefficient (Wildman–Crippen LogP) is 4.13. The van der Waals surface area contributed by atoms with Gasteiger partial charge in [-0.2, -0.15) is 0 Å². The van der Waals surface area contributed by atoms with Crippen LogP contribution in [0.1, 0.15) is 40.5 Å². The highest BCUT2D eigenvalue weighted by Crippen LogP contribution is 2.30. The van der Waals surface area contributed by atoms with Crippen molar-refractivity contribution in [1.29, 1.82) is 0 Å². The lowest BCUT2D eigenvalue weighted by Gasteiger charge is -2.34. The summed E-state index contributed by atoms with van der Waals surface area (Å²) in [7, 11) is 1.67. The monoisotopic (exact) mass is 293 g/mol. The lowest BCUT2D eigenvalue weighted by molar-refractivity contribution is 0.150. The molecule has 1 rings (SSSR count). The molecule has 0 aromatic heterocycles. The van der Waals surface area contributed by atoms with Gasteiger partial charge in [-0.25, -0.2) is 0 Å². The quantitative estimate of drug-likeness (QED) is 0.658. The first-order valence-corrected chi connectivity index (χ1v) is 7.99. The van der Waals surface area contributed by atoms with Gasteiger partial charge in [0.05, 0.1) is 13.7 Å². The van der Waals surface area contributed by atoms with Crippen molar-refractivity contribution in [3.05, 3.63) is 24.3 Å². The van der Waals surface area contributed by atoms with Gasteiger partial charge in [0.2, 0.25) is 0 Å². The van der Waals surface area contributed by atoms with Gasteiger partial charge in [0.25, 0.3) is 0 Å². The van der Waals surface area contributed by atoms with Crippen molar-refractivity contribution in [3.8, 4) is 11.5 Å². The molecule has 0 amide bonds. The first-order valence-electron chi connectivity index (χ1n) is 7.99. The van der Waals surface area contributed by atoms with Crippen LogP contribution in [0.4, 0.5) is 0 Å². The van der Waals surface area contributed by atoms with E-state index in [4.69, 9.17) is 9.47 Å². The summed E-state index contributed by atoms with van der Waals surface area (Å²) in [5, 5.41) is 3.55. The van der Waals surface area contributed by atoms with Crippen molar-refractivity contribution in [2.24, 2.45) is 11.3 Å². The zero-order chi connectivity index (χ0) is 15.7. The summed E-state index contributed by atoms with van der Waals surface area (Å²) in [6.45, 7) is 12.0. The summed E-state index contributed by atoms with van der Waals surface area (Å²) in [5.41, 5.74) is 0.266. The third kappa shape index (κ3) is 5.96. The summed E-state index contributed by atoms with van der Waals surface area (Å²) in [4.78, 5) is 0. The van der Waals surface area contributed by atoms with Crippen LogP contribution < -0.4 is 14.8 Å². The molecule has 0 bridgehead atoms. The Balaban J connectivity index is 2.45. The van der Waals surface area contributed by atoms with Crippen LogP contribution in [-0.4, -0.2) is 26.8 Å². The van der Waals surface area contributed by atoms with Crippen LogP contribution >= 0.6 is 0 Å². The average Bonchev–Trinajstić information content (AvgIpc) is 2.48. The van der Waals surface area contributed by atoms with Crippen molar-refractivity contribution >= 4 is 0 Å². The maximum atomic E-state index is 5.87. The van der Waals surface area contributed by atoms with Gasteiger partial charge in [0.15, 0.2) is 0 Å². The van der Waals surface area contributed by atoms with Gasteiger partial charge in [0.1, 0.15) is 11.5 Å². The minimum absolute atomic E-state index is 0.266. The van der Waals surface area contributed by atoms with Crippen molar-refractivity contribution in [1.82, 2.24) is 5.32 Å². The van der Waals surface area contributed by atoms with Crippen LogP contribution in [0.3, 0.4) is 0 Å². The molecule has 0 aliphatic heterocycles. The van der Waals surface area contributed by atoms with E-state index in [1.54, 1.807) is 7.11 Å². The summed E-state index contributed by atoms with van der Waals surface area (Å²) in [6, 6.07) is 7.78. The summed E-state index contributed by atoms with van der Waals surface area (Å²) < 4.78 is 11.0. The number of methoxy groups -OCH3 is 1. The standard InChI is InChI=1S/C18H31NO2/c1-6-12-19-14-18(4,15(2)3)11-13-21-17-9-7-16(20-5)8-10-17/h7-10,15,19H,6,11-14H2,1-5H3. The van der Waals surface area contributed by atoms with Crippen LogP contribution in [0.5, 0.6) is 11.5 Å². The smallest absolute Gasteiger partial charge is 0.119 e. The fourth-order valence-corrected chi connectivity index (χ4v) is 2.21. The molecule has 0 spiro atoms. The predicted molar refractivity (Wildman–Crippen MR) is 89.2 cm³/mol. The van der Waals surface area contributed by atoms with E-state index in [0.29, 0.717) is 5.92 Å². The fourth-order valence-electron chi connectivity index (χ4n) is 2.21. The molecule has 1 unspecified atom stereocenters. The maximum absolute atomic E-state index is 5.87. The molecule has 1 atom stereocenters. The Hall–Kier alpha value is -1.22. The Kier molecular flexibility index (Phi) is 7.58. The van der Waals surface area contributed by atoms with Crippen LogP contribution in [-0.2, 0) is 0 Å². The highest BCUT2D eigenvalue weighted by atomic mass is 16.5. The van der Waals surface area contributed by atoms with Gasteiger partial charge in [0, 0.05) is 6.54 Å². The number of hydrogen-bond donors (Lipinski definition) is 1. The summed E-state index contributed by atoms with van der Waals surface area (Å²) in [6.07, 6.45) is 2.23. The minimum atomic E-state index is 0.266. The van der Waals surface area contributed by atoms with Gasteiger partial charge >= 0.3 is 0 Å². The molecule has 0 aliphatic rings. The number of benzene rings is 1. The van der Waals surface area contributed by atoms with E-state index in [9.17, 15) is 0 Å². The normalized spacial score (nSPS) is 14.0. The molecular formula is C18H31NO2. The molecule has 1 aromatic carbocycles. The number of nitrogens with one attached hydrogen (secondary N) is 1. The second-order valence-electron chi connectivity index (χ2n) is 6.26. The second-order valence-corrected chi connectivity index (χ2v) is 6.26. The molecule has 1 N–H and O–H groups in total. The maximum Gasteiger partial charge on any atom is 0.119 e. The van der Waals surface area contributed by atoms with E-state index in [-0.39, 0.29) is 5.41 Å². The van der Waals surface area contributed by atoms with Gasteiger partial charge < -0.3 is 14.8 Å². The van der Waals surface area contributed by atoms with Crippen molar-refractivity contribution in [2.75, 3.05) is 26.8 Å². The SMILES string of the molecule is CCCNCC(C)(CCOc1ccc(OC)cc1)C(C)C. The molecule has 0 saturated carbocycles. The Morgan fingerprint density at radius 3 is 2.29 bits per heavy atom. The van der Waals surface area contributed by atoms with Crippen molar-refractivity contribution in [3.63, 3.8) is 0 Å². The average molecular weight is 293 g/mol. The van der Waals surface area contributed by atoms with Gasteiger partial charge in [-0.3, -0.25) is 0 Å². The highest BCUT2D eigenvalue weighted by Gasteiger charge is 2.27. The van der Waals surface area contributed by atoms with E-state index in [0.717, 1.165) is 37.6 Å². The third-order valence-corrected chi connectivity index (χ3v) is 4.35. The Labute approximate surface area is 130 Å². The van der Waals surface area contributed by atoms with E-state index in [2.05, 4.69) is 33.0 Å². The highest BCUT2D eigenvalue weighted by molar-refractivity contribution is 5.31. The van der Waals surface area contributed by atoms with Crippen LogP contribution in [0.2, 0.25) is 0 Å². The molecule has 0 aliphatic carbocycles. The molecular weight excluding hydrogens is 262 g/mol. The first-order chi connectivity index (χ1) is 10.0. The van der Waals surface area contributed by atoms with Crippen LogP contribution in [0.25, 0.3) is 0 Å². The Morgan fingerprint density at radius 1 is 1.14 bits per heavy atom. The van der Waals surface area contributed by atoms with Gasteiger partial charge in [-0.15, -0.1) is 0 Å². The molecule has 0 radical (unpaired) electrons. The Bertz CT molecular complexity index is 389.